The summed E-state index contributed by atoms with van der Waals surface area (Å²) in [6, 6.07) is 7.81. The highest BCUT2D eigenvalue weighted by molar-refractivity contribution is 5.73. The summed E-state index contributed by atoms with van der Waals surface area (Å²) >= 11 is 0. The predicted octanol–water partition coefficient (Wildman–Crippen LogP) is 1.83. The lowest BCUT2D eigenvalue weighted by molar-refractivity contribution is -0.192. The van der Waals surface area contributed by atoms with Gasteiger partial charge in [-0.3, -0.25) is 0 Å². The lowest BCUT2D eigenvalue weighted by Crippen LogP contribution is -2.21. The number of halogens is 3. The minimum Gasteiger partial charge on any atom is -0.481 e. The number of aliphatic carboxylic acids is 1. The molecule has 0 aromatic heterocycles. The molecular formula is C13H14F3NO3. The minimum absolute atomic E-state index is 0.316. The Kier molecular flexibility index (Phi) is 7.85. The standard InChI is InChI=1S/C11H13NO.C2HF3O2/c1-2-9-13-11-5-3-10(4-6-11)7-8-12;3-2(4,5)1(6)7/h1,3-6H,7-9,12H2;(H,6,7). The lowest BCUT2D eigenvalue weighted by atomic mass is 10.1. The number of hydrogen-bond acceptors (Lipinski definition) is 3. The zero-order valence-electron chi connectivity index (χ0n) is 10.5. The van der Waals surface area contributed by atoms with E-state index < -0.39 is 12.1 Å². The number of alkyl halides is 3. The van der Waals surface area contributed by atoms with Crippen LogP contribution < -0.4 is 10.5 Å². The van der Waals surface area contributed by atoms with E-state index in [9.17, 15) is 13.2 Å². The summed E-state index contributed by atoms with van der Waals surface area (Å²) in [7, 11) is 0. The first kappa shape index (κ1) is 17.8. The van der Waals surface area contributed by atoms with Crippen LogP contribution in [0.4, 0.5) is 13.2 Å². The molecule has 3 N–H and O–H groups in total. The van der Waals surface area contributed by atoms with Gasteiger partial charge in [0.05, 0.1) is 0 Å². The third kappa shape index (κ3) is 8.00. The van der Waals surface area contributed by atoms with Crippen molar-refractivity contribution in [2.75, 3.05) is 13.2 Å². The summed E-state index contributed by atoms with van der Waals surface area (Å²) in [5.74, 6) is 0.461. The van der Waals surface area contributed by atoms with Crippen molar-refractivity contribution in [2.45, 2.75) is 12.6 Å². The van der Waals surface area contributed by atoms with E-state index in [2.05, 4.69) is 5.92 Å². The summed E-state index contributed by atoms with van der Waals surface area (Å²) in [6.07, 6.45) is 0.877. The molecule has 1 aromatic carbocycles. The number of nitrogens with two attached hydrogens (primary N) is 1. The molecule has 0 unspecified atom stereocenters. The molecule has 0 saturated carbocycles. The van der Waals surface area contributed by atoms with E-state index in [-0.39, 0.29) is 0 Å². The number of carbonyl (C=O) groups is 1. The number of terminal acetylenes is 1. The Bertz CT molecular complexity index is 449. The Morgan fingerprint density at radius 1 is 1.35 bits per heavy atom. The van der Waals surface area contributed by atoms with Crippen LogP contribution in [-0.2, 0) is 11.2 Å². The van der Waals surface area contributed by atoms with Crippen molar-refractivity contribution in [1.82, 2.24) is 0 Å². The molecule has 0 heterocycles. The van der Waals surface area contributed by atoms with Gasteiger partial charge in [-0.25, -0.2) is 4.79 Å². The molecule has 0 spiro atoms. The van der Waals surface area contributed by atoms with Crippen LogP contribution in [0, 0.1) is 12.3 Å². The van der Waals surface area contributed by atoms with Crippen LogP contribution in [-0.4, -0.2) is 30.4 Å². The van der Waals surface area contributed by atoms with Crippen LogP contribution in [0.2, 0.25) is 0 Å². The molecule has 110 valence electrons. The molecule has 4 nitrogen and oxygen atoms in total. The van der Waals surface area contributed by atoms with Crippen molar-refractivity contribution < 1.29 is 27.8 Å². The quantitative estimate of drug-likeness (QED) is 0.829. The average Bonchev–Trinajstić information content (AvgIpc) is 2.38. The second kappa shape index (κ2) is 8.82. The van der Waals surface area contributed by atoms with Crippen molar-refractivity contribution in [1.29, 1.82) is 0 Å². The number of rotatable bonds is 4. The summed E-state index contributed by atoms with van der Waals surface area (Å²) in [4.78, 5) is 8.90. The van der Waals surface area contributed by atoms with Crippen molar-refractivity contribution in [3.8, 4) is 18.1 Å². The molecule has 0 aliphatic rings. The second-order valence-electron chi connectivity index (χ2n) is 3.48. The molecule has 0 aliphatic heterocycles. The third-order valence-corrected chi connectivity index (χ3v) is 1.92. The maximum Gasteiger partial charge on any atom is 0.490 e. The van der Waals surface area contributed by atoms with E-state index in [1.807, 2.05) is 24.3 Å². The first-order valence-electron chi connectivity index (χ1n) is 5.46. The molecule has 0 bridgehead atoms. The van der Waals surface area contributed by atoms with Crippen molar-refractivity contribution in [3.05, 3.63) is 29.8 Å². The minimum atomic E-state index is -5.08. The molecule has 0 radical (unpaired) electrons. The van der Waals surface area contributed by atoms with Gasteiger partial charge in [-0.1, -0.05) is 18.1 Å². The highest BCUT2D eigenvalue weighted by Crippen LogP contribution is 2.13. The summed E-state index contributed by atoms with van der Waals surface area (Å²) in [6.45, 7) is 0.987. The number of benzene rings is 1. The zero-order valence-corrected chi connectivity index (χ0v) is 10.5. The van der Waals surface area contributed by atoms with E-state index in [1.54, 1.807) is 0 Å². The van der Waals surface area contributed by atoms with Crippen molar-refractivity contribution >= 4 is 5.97 Å². The fourth-order valence-electron chi connectivity index (χ4n) is 1.04. The van der Waals surface area contributed by atoms with Crippen LogP contribution >= 0.6 is 0 Å². The Morgan fingerprint density at radius 2 is 1.85 bits per heavy atom. The van der Waals surface area contributed by atoms with Gasteiger partial charge in [-0.15, -0.1) is 6.42 Å². The normalized spacial score (nSPS) is 9.95. The van der Waals surface area contributed by atoms with Crippen LogP contribution in [0.1, 0.15) is 5.56 Å². The molecule has 7 heteroatoms. The van der Waals surface area contributed by atoms with E-state index >= 15 is 0 Å². The van der Waals surface area contributed by atoms with Gasteiger partial charge < -0.3 is 15.6 Å². The largest absolute Gasteiger partial charge is 0.490 e. The third-order valence-electron chi connectivity index (χ3n) is 1.92. The van der Waals surface area contributed by atoms with E-state index in [0.29, 0.717) is 13.2 Å². The van der Waals surface area contributed by atoms with E-state index in [1.165, 1.54) is 5.56 Å². The Labute approximate surface area is 114 Å². The van der Waals surface area contributed by atoms with E-state index in [4.69, 9.17) is 26.8 Å². The molecule has 0 aliphatic carbocycles. The summed E-state index contributed by atoms with van der Waals surface area (Å²) in [5.41, 5.74) is 6.64. The molecule has 1 rings (SSSR count). The maximum absolute atomic E-state index is 10.6. The lowest BCUT2D eigenvalue weighted by Gasteiger charge is -2.03. The first-order valence-corrected chi connectivity index (χ1v) is 5.46. The first-order chi connectivity index (χ1) is 9.31. The van der Waals surface area contributed by atoms with Gasteiger partial charge in [0, 0.05) is 0 Å². The molecular weight excluding hydrogens is 275 g/mol. The van der Waals surface area contributed by atoms with Gasteiger partial charge >= 0.3 is 12.1 Å². The van der Waals surface area contributed by atoms with Gasteiger partial charge in [0.15, 0.2) is 0 Å². The van der Waals surface area contributed by atoms with Crippen LogP contribution in [0.25, 0.3) is 0 Å². The Morgan fingerprint density at radius 3 is 2.20 bits per heavy atom. The SMILES string of the molecule is C#CCOc1ccc(CCN)cc1.O=C(O)C(F)(F)F. The van der Waals surface area contributed by atoms with Gasteiger partial charge in [-0.2, -0.15) is 13.2 Å². The fourth-order valence-corrected chi connectivity index (χ4v) is 1.04. The van der Waals surface area contributed by atoms with Crippen molar-refractivity contribution in [3.63, 3.8) is 0 Å². The molecule has 0 saturated heterocycles. The number of carboxylic acids is 1. The molecule has 0 amide bonds. The molecule has 0 fully saturated rings. The second-order valence-corrected chi connectivity index (χ2v) is 3.48. The number of ether oxygens (including phenoxy) is 1. The smallest absolute Gasteiger partial charge is 0.481 e. The summed E-state index contributed by atoms with van der Waals surface area (Å²) in [5, 5.41) is 7.12. The van der Waals surface area contributed by atoms with Crippen LogP contribution in [0.15, 0.2) is 24.3 Å². The maximum atomic E-state index is 10.6. The number of hydrogen-bond donors (Lipinski definition) is 2. The van der Waals surface area contributed by atoms with Crippen LogP contribution in [0.3, 0.4) is 0 Å². The topological polar surface area (TPSA) is 72.5 Å². The van der Waals surface area contributed by atoms with Gasteiger partial charge in [-0.05, 0) is 30.7 Å². The highest BCUT2D eigenvalue weighted by atomic mass is 19.4. The van der Waals surface area contributed by atoms with Gasteiger partial charge in [0.2, 0.25) is 0 Å². The number of carboxylic acid groups (broad SMARTS) is 1. The Balaban J connectivity index is 0.000000441. The van der Waals surface area contributed by atoms with E-state index in [0.717, 1.165) is 12.2 Å². The van der Waals surface area contributed by atoms with Gasteiger partial charge in [0.25, 0.3) is 0 Å². The van der Waals surface area contributed by atoms with Gasteiger partial charge in [0.1, 0.15) is 12.4 Å². The molecule has 1 aromatic rings. The Hall–Kier alpha value is -2.20. The fraction of sp³-hybridized carbons (Fsp3) is 0.308. The summed E-state index contributed by atoms with van der Waals surface area (Å²) < 4.78 is 37.0. The molecule has 0 atom stereocenters. The van der Waals surface area contributed by atoms with Crippen molar-refractivity contribution in [2.24, 2.45) is 5.73 Å². The average molecular weight is 289 g/mol. The van der Waals surface area contributed by atoms with Crippen LogP contribution in [0.5, 0.6) is 5.75 Å². The molecule has 20 heavy (non-hydrogen) atoms. The highest BCUT2D eigenvalue weighted by Gasteiger charge is 2.38. The predicted molar refractivity (Wildman–Crippen MR) is 67.2 cm³/mol. The monoisotopic (exact) mass is 289 g/mol. The zero-order chi connectivity index (χ0) is 15.6.